The second-order valence-electron chi connectivity index (χ2n) is 6.15. The normalized spacial score (nSPS) is 12.1. The van der Waals surface area contributed by atoms with E-state index in [0.29, 0.717) is 5.13 Å². The number of carbonyl (C=O) groups excluding carboxylic acids is 1. The highest BCUT2D eigenvalue weighted by atomic mass is 32.1. The molecular formula is C16H17F3N2O2S. The molecule has 0 radical (unpaired) electrons. The maximum Gasteiger partial charge on any atom is 0.416 e. The maximum absolute atomic E-state index is 12.8. The monoisotopic (exact) mass is 358 g/mol. The van der Waals surface area contributed by atoms with Gasteiger partial charge in [-0.2, -0.15) is 13.2 Å². The van der Waals surface area contributed by atoms with Crippen LogP contribution in [0.2, 0.25) is 0 Å². The number of thiazole rings is 1. The zero-order valence-corrected chi connectivity index (χ0v) is 14.4. The van der Waals surface area contributed by atoms with E-state index in [2.05, 4.69) is 10.3 Å². The minimum absolute atomic E-state index is 0.0631. The van der Waals surface area contributed by atoms with Crippen LogP contribution in [0, 0.1) is 0 Å². The van der Waals surface area contributed by atoms with Gasteiger partial charge in [-0.1, -0.05) is 20.8 Å². The first-order chi connectivity index (χ1) is 11.0. The van der Waals surface area contributed by atoms with E-state index in [1.807, 2.05) is 20.8 Å². The quantitative estimate of drug-likeness (QED) is 0.864. The molecule has 0 aliphatic carbocycles. The summed E-state index contributed by atoms with van der Waals surface area (Å²) in [6.45, 7) is 6.01. The molecule has 0 atom stereocenters. The Hall–Kier alpha value is -2.09. The summed E-state index contributed by atoms with van der Waals surface area (Å²) in [6.07, 6.45) is -2.90. The van der Waals surface area contributed by atoms with Crippen molar-refractivity contribution in [2.75, 3.05) is 12.4 Å². The average Bonchev–Trinajstić information content (AvgIpc) is 2.94. The van der Waals surface area contributed by atoms with Crippen LogP contribution in [0.5, 0.6) is 5.75 Å². The fourth-order valence-electron chi connectivity index (χ4n) is 1.90. The number of hydrogen-bond acceptors (Lipinski definition) is 4. The molecular weight excluding hydrogens is 341 g/mol. The van der Waals surface area contributed by atoms with Crippen LogP contribution in [0.15, 0.2) is 24.4 Å². The van der Waals surface area contributed by atoms with Gasteiger partial charge < -0.3 is 4.74 Å². The lowest BCUT2D eigenvalue weighted by Crippen LogP contribution is -2.15. The number of aromatic nitrogens is 1. The molecule has 0 saturated carbocycles. The Kier molecular flexibility index (Phi) is 4.89. The van der Waals surface area contributed by atoms with Gasteiger partial charge in [0.05, 0.1) is 18.2 Å². The standard InChI is InChI=1S/C16H17F3N2O2S/c1-15(2,3)12-8-20-14(24-12)21-13(22)10-7-9(16(17,18)19)5-6-11(10)23-4/h5-8H,1-4H3,(H,20,21,22). The van der Waals surface area contributed by atoms with Gasteiger partial charge in [-0.25, -0.2) is 4.98 Å². The number of hydrogen-bond donors (Lipinski definition) is 1. The van der Waals surface area contributed by atoms with Gasteiger partial charge in [0.25, 0.3) is 5.91 Å². The van der Waals surface area contributed by atoms with Gasteiger partial charge in [-0.05, 0) is 23.6 Å². The summed E-state index contributed by atoms with van der Waals surface area (Å²) in [5.41, 5.74) is -1.24. The van der Waals surface area contributed by atoms with E-state index in [4.69, 9.17) is 4.74 Å². The summed E-state index contributed by atoms with van der Waals surface area (Å²) in [6, 6.07) is 2.77. The van der Waals surface area contributed by atoms with E-state index in [1.165, 1.54) is 18.4 Å². The molecule has 1 amide bonds. The Bertz CT molecular complexity index is 749. The van der Waals surface area contributed by atoms with Crippen molar-refractivity contribution in [2.45, 2.75) is 32.4 Å². The van der Waals surface area contributed by atoms with Crippen LogP contribution < -0.4 is 10.1 Å². The third-order valence-corrected chi connectivity index (χ3v) is 4.58. The van der Waals surface area contributed by atoms with Gasteiger partial charge in [0.2, 0.25) is 0 Å². The SMILES string of the molecule is COc1ccc(C(F)(F)F)cc1C(=O)Nc1ncc(C(C)(C)C)s1. The van der Waals surface area contributed by atoms with Crippen molar-refractivity contribution in [3.63, 3.8) is 0 Å². The van der Waals surface area contributed by atoms with Crippen LogP contribution in [0.3, 0.4) is 0 Å². The molecule has 0 unspecified atom stereocenters. The maximum atomic E-state index is 12.8. The molecule has 1 N–H and O–H groups in total. The number of benzene rings is 1. The molecule has 0 fully saturated rings. The van der Waals surface area contributed by atoms with E-state index < -0.39 is 17.6 Å². The number of carbonyl (C=O) groups is 1. The number of halogens is 3. The van der Waals surface area contributed by atoms with Crippen LogP contribution in [0.25, 0.3) is 0 Å². The van der Waals surface area contributed by atoms with Crippen molar-refractivity contribution in [2.24, 2.45) is 0 Å². The van der Waals surface area contributed by atoms with Crippen molar-refractivity contribution in [3.8, 4) is 5.75 Å². The van der Waals surface area contributed by atoms with E-state index in [-0.39, 0.29) is 16.7 Å². The molecule has 1 heterocycles. The predicted octanol–water partition coefficient (Wildman–Crippen LogP) is 4.72. The molecule has 8 heteroatoms. The third kappa shape index (κ3) is 4.05. The highest BCUT2D eigenvalue weighted by Gasteiger charge is 2.32. The number of nitrogens with zero attached hydrogens (tertiary/aromatic N) is 1. The summed E-state index contributed by atoms with van der Waals surface area (Å²) < 4.78 is 43.5. The second-order valence-corrected chi connectivity index (χ2v) is 7.18. The molecule has 0 bridgehead atoms. The number of anilines is 1. The fourth-order valence-corrected chi connectivity index (χ4v) is 2.77. The Labute approximate surface area is 141 Å². The lowest BCUT2D eigenvalue weighted by Gasteiger charge is -2.14. The molecule has 0 aliphatic heterocycles. The van der Waals surface area contributed by atoms with Gasteiger partial charge >= 0.3 is 6.18 Å². The minimum Gasteiger partial charge on any atom is -0.496 e. The smallest absolute Gasteiger partial charge is 0.416 e. The number of alkyl halides is 3. The van der Waals surface area contributed by atoms with Gasteiger partial charge in [-0.15, -0.1) is 11.3 Å². The van der Waals surface area contributed by atoms with E-state index in [9.17, 15) is 18.0 Å². The first-order valence-corrected chi connectivity index (χ1v) is 7.87. The summed E-state index contributed by atoms with van der Waals surface area (Å²) >= 11 is 1.28. The number of amides is 1. The molecule has 0 aliphatic rings. The fraction of sp³-hybridized carbons (Fsp3) is 0.375. The van der Waals surface area contributed by atoms with Gasteiger partial charge in [0.1, 0.15) is 5.75 Å². The van der Waals surface area contributed by atoms with Crippen LogP contribution in [0.1, 0.15) is 41.6 Å². The number of ether oxygens (including phenoxy) is 1. The minimum atomic E-state index is -4.54. The Morgan fingerprint density at radius 1 is 1.25 bits per heavy atom. The second kappa shape index (κ2) is 6.43. The Balaban J connectivity index is 2.30. The topological polar surface area (TPSA) is 51.2 Å². The van der Waals surface area contributed by atoms with E-state index in [0.717, 1.165) is 23.1 Å². The van der Waals surface area contributed by atoms with Gasteiger partial charge in [0, 0.05) is 11.1 Å². The van der Waals surface area contributed by atoms with E-state index >= 15 is 0 Å². The Morgan fingerprint density at radius 3 is 2.42 bits per heavy atom. The van der Waals surface area contributed by atoms with Crippen molar-refractivity contribution in [1.82, 2.24) is 4.98 Å². The Morgan fingerprint density at radius 2 is 1.92 bits per heavy atom. The van der Waals surface area contributed by atoms with Gasteiger partial charge in [-0.3, -0.25) is 10.1 Å². The van der Waals surface area contributed by atoms with Gasteiger partial charge in [0.15, 0.2) is 5.13 Å². The molecule has 0 spiro atoms. The van der Waals surface area contributed by atoms with E-state index in [1.54, 1.807) is 6.20 Å². The molecule has 130 valence electrons. The van der Waals surface area contributed by atoms with Crippen molar-refractivity contribution >= 4 is 22.4 Å². The summed E-state index contributed by atoms with van der Waals surface area (Å²) in [7, 11) is 1.29. The van der Waals surface area contributed by atoms with Crippen LogP contribution >= 0.6 is 11.3 Å². The lowest BCUT2D eigenvalue weighted by molar-refractivity contribution is -0.137. The van der Waals surface area contributed by atoms with Crippen molar-refractivity contribution in [3.05, 3.63) is 40.4 Å². The van der Waals surface area contributed by atoms with Crippen molar-refractivity contribution < 1.29 is 22.7 Å². The van der Waals surface area contributed by atoms with Crippen LogP contribution in [-0.2, 0) is 11.6 Å². The predicted molar refractivity (Wildman–Crippen MR) is 86.8 cm³/mol. The first kappa shape index (κ1) is 18.3. The third-order valence-electron chi connectivity index (χ3n) is 3.24. The summed E-state index contributed by atoms with van der Waals surface area (Å²) in [5, 5.41) is 2.85. The molecule has 2 rings (SSSR count). The highest BCUT2D eigenvalue weighted by Crippen LogP contribution is 2.34. The lowest BCUT2D eigenvalue weighted by atomic mass is 9.96. The molecule has 24 heavy (non-hydrogen) atoms. The average molecular weight is 358 g/mol. The van der Waals surface area contributed by atoms with Crippen LogP contribution in [0.4, 0.5) is 18.3 Å². The summed E-state index contributed by atoms with van der Waals surface area (Å²) in [4.78, 5) is 17.4. The molecule has 4 nitrogen and oxygen atoms in total. The van der Waals surface area contributed by atoms with Crippen LogP contribution in [-0.4, -0.2) is 18.0 Å². The molecule has 0 saturated heterocycles. The largest absolute Gasteiger partial charge is 0.496 e. The molecule has 1 aromatic carbocycles. The number of rotatable bonds is 3. The highest BCUT2D eigenvalue weighted by molar-refractivity contribution is 7.15. The zero-order valence-electron chi connectivity index (χ0n) is 13.6. The molecule has 2 aromatic rings. The first-order valence-electron chi connectivity index (χ1n) is 7.05. The van der Waals surface area contributed by atoms with Crippen molar-refractivity contribution in [1.29, 1.82) is 0 Å². The number of nitrogens with one attached hydrogen (secondary N) is 1. The summed E-state index contributed by atoms with van der Waals surface area (Å²) in [5.74, 6) is -0.638. The molecule has 1 aromatic heterocycles. The number of methoxy groups -OCH3 is 1. The zero-order chi connectivity index (χ0) is 18.1.